The number of likely N-dealkylation sites (tertiary alicyclic amines) is 1. The molecule has 116 valence electrons. The van der Waals surface area contributed by atoms with Gasteiger partial charge in [-0.2, -0.15) is 0 Å². The molecule has 1 aliphatic heterocycles. The van der Waals surface area contributed by atoms with Crippen LogP contribution >= 0.6 is 0 Å². The number of carbonyl (C=O) groups is 2. The van der Waals surface area contributed by atoms with Crippen LogP contribution in [-0.2, 0) is 9.53 Å². The quantitative estimate of drug-likeness (QED) is 0.813. The number of nitrogens with one attached hydrogen (secondary N) is 1. The van der Waals surface area contributed by atoms with E-state index >= 15 is 0 Å². The molecule has 6 nitrogen and oxygen atoms in total. The first-order chi connectivity index (χ1) is 9.19. The fourth-order valence-electron chi connectivity index (χ4n) is 2.26. The molecule has 1 heterocycles. The van der Waals surface area contributed by atoms with Crippen LogP contribution in [0.15, 0.2) is 0 Å². The summed E-state index contributed by atoms with van der Waals surface area (Å²) in [5.74, 6) is 0.242. The van der Waals surface area contributed by atoms with E-state index in [-0.39, 0.29) is 11.8 Å². The van der Waals surface area contributed by atoms with Gasteiger partial charge in [-0.3, -0.25) is 4.79 Å². The molecule has 0 bridgehead atoms. The SMILES string of the molecule is C[C@H](N)C(=O)N1CCC[C@@H](CNC(=O)OC(C)(C)C)C1. The second-order valence-corrected chi connectivity index (χ2v) is 6.46. The summed E-state index contributed by atoms with van der Waals surface area (Å²) in [4.78, 5) is 25.2. The van der Waals surface area contributed by atoms with Gasteiger partial charge in [0.25, 0.3) is 0 Å². The molecule has 0 aromatic carbocycles. The zero-order chi connectivity index (χ0) is 15.3. The van der Waals surface area contributed by atoms with Gasteiger partial charge in [-0.15, -0.1) is 0 Å². The van der Waals surface area contributed by atoms with Crippen LogP contribution in [0.5, 0.6) is 0 Å². The Labute approximate surface area is 121 Å². The molecule has 1 fully saturated rings. The first kappa shape index (κ1) is 16.8. The third kappa shape index (κ3) is 5.77. The summed E-state index contributed by atoms with van der Waals surface area (Å²) < 4.78 is 5.19. The summed E-state index contributed by atoms with van der Waals surface area (Å²) in [6, 6.07) is -0.465. The summed E-state index contributed by atoms with van der Waals surface area (Å²) in [6.07, 6.45) is 1.53. The van der Waals surface area contributed by atoms with Crippen molar-refractivity contribution in [1.82, 2.24) is 10.2 Å². The van der Waals surface area contributed by atoms with E-state index in [1.165, 1.54) is 0 Å². The molecule has 0 unspecified atom stereocenters. The standard InChI is InChI=1S/C14H27N3O3/c1-10(15)12(18)17-7-5-6-11(9-17)8-16-13(19)20-14(2,3)4/h10-11H,5-9,15H2,1-4H3,(H,16,19)/t10-,11-/m0/s1. The predicted molar refractivity (Wildman–Crippen MR) is 77.2 cm³/mol. The van der Waals surface area contributed by atoms with Gasteiger partial charge >= 0.3 is 6.09 Å². The predicted octanol–water partition coefficient (Wildman–Crippen LogP) is 1.10. The fraction of sp³-hybridized carbons (Fsp3) is 0.857. The number of amides is 2. The number of nitrogens with zero attached hydrogens (tertiary/aromatic N) is 1. The number of carbonyl (C=O) groups excluding carboxylic acids is 2. The molecule has 2 amide bonds. The number of alkyl carbamates (subject to hydrolysis) is 1. The smallest absolute Gasteiger partial charge is 0.407 e. The average molecular weight is 285 g/mol. The number of rotatable bonds is 3. The third-order valence-corrected chi connectivity index (χ3v) is 3.15. The second kappa shape index (κ2) is 6.92. The van der Waals surface area contributed by atoms with Gasteiger partial charge in [-0.25, -0.2) is 4.79 Å². The van der Waals surface area contributed by atoms with Crippen molar-refractivity contribution >= 4 is 12.0 Å². The molecule has 1 rings (SSSR count). The Bertz CT molecular complexity index is 350. The average Bonchev–Trinajstić information content (AvgIpc) is 2.33. The number of hydrogen-bond acceptors (Lipinski definition) is 4. The van der Waals surface area contributed by atoms with Crippen molar-refractivity contribution in [3.63, 3.8) is 0 Å². The lowest BCUT2D eigenvalue weighted by Gasteiger charge is -2.34. The maximum atomic E-state index is 11.9. The largest absolute Gasteiger partial charge is 0.444 e. The Morgan fingerprint density at radius 2 is 2.10 bits per heavy atom. The summed E-state index contributed by atoms with van der Waals surface area (Å²) in [7, 11) is 0. The molecule has 0 aromatic heterocycles. The van der Waals surface area contributed by atoms with Crippen molar-refractivity contribution in [3.8, 4) is 0 Å². The van der Waals surface area contributed by atoms with Gasteiger partial charge in [-0.05, 0) is 46.5 Å². The van der Waals surface area contributed by atoms with Crippen molar-refractivity contribution in [2.45, 2.75) is 52.2 Å². The van der Waals surface area contributed by atoms with E-state index < -0.39 is 17.7 Å². The highest BCUT2D eigenvalue weighted by molar-refractivity contribution is 5.81. The molecular formula is C14H27N3O3. The Kier molecular flexibility index (Phi) is 5.80. The summed E-state index contributed by atoms with van der Waals surface area (Å²) in [6.45, 7) is 9.12. The molecule has 0 spiro atoms. The monoisotopic (exact) mass is 285 g/mol. The van der Waals surface area contributed by atoms with Crippen LogP contribution < -0.4 is 11.1 Å². The van der Waals surface area contributed by atoms with Crippen molar-refractivity contribution in [3.05, 3.63) is 0 Å². The molecule has 0 aliphatic carbocycles. The summed E-state index contributed by atoms with van der Waals surface area (Å²) >= 11 is 0. The lowest BCUT2D eigenvalue weighted by Crippen LogP contribution is -2.49. The molecular weight excluding hydrogens is 258 g/mol. The minimum atomic E-state index is -0.492. The normalized spacial score (nSPS) is 21.2. The highest BCUT2D eigenvalue weighted by Crippen LogP contribution is 2.16. The molecule has 1 aliphatic rings. The van der Waals surface area contributed by atoms with Crippen LogP contribution in [0.4, 0.5) is 4.79 Å². The minimum absolute atomic E-state index is 0.0213. The molecule has 0 aromatic rings. The molecule has 20 heavy (non-hydrogen) atoms. The van der Waals surface area contributed by atoms with Crippen molar-refractivity contribution in [2.24, 2.45) is 11.7 Å². The zero-order valence-corrected chi connectivity index (χ0v) is 12.9. The topological polar surface area (TPSA) is 84.7 Å². The summed E-state index contributed by atoms with van der Waals surface area (Å²) in [5, 5.41) is 2.77. The van der Waals surface area contributed by atoms with E-state index in [0.29, 0.717) is 13.1 Å². The Balaban J connectivity index is 2.37. The van der Waals surface area contributed by atoms with E-state index in [1.807, 2.05) is 20.8 Å². The Morgan fingerprint density at radius 3 is 2.65 bits per heavy atom. The van der Waals surface area contributed by atoms with Crippen molar-refractivity contribution in [2.75, 3.05) is 19.6 Å². The van der Waals surface area contributed by atoms with E-state index in [1.54, 1.807) is 11.8 Å². The van der Waals surface area contributed by atoms with Gasteiger partial charge in [-0.1, -0.05) is 0 Å². The van der Waals surface area contributed by atoms with Crippen LogP contribution in [0.2, 0.25) is 0 Å². The van der Waals surface area contributed by atoms with Gasteiger partial charge in [0.1, 0.15) is 5.60 Å². The van der Waals surface area contributed by atoms with Crippen molar-refractivity contribution < 1.29 is 14.3 Å². The number of hydrogen-bond donors (Lipinski definition) is 2. The number of piperidine rings is 1. The number of nitrogens with two attached hydrogens (primary N) is 1. The first-order valence-electron chi connectivity index (χ1n) is 7.20. The second-order valence-electron chi connectivity index (χ2n) is 6.46. The van der Waals surface area contributed by atoms with Crippen molar-refractivity contribution in [1.29, 1.82) is 0 Å². The number of ether oxygens (including phenoxy) is 1. The highest BCUT2D eigenvalue weighted by atomic mass is 16.6. The molecule has 6 heteroatoms. The van der Waals surface area contributed by atoms with Gasteiger partial charge in [0, 0.05) is 19.6 Å². The lowest BCUT2D eigenvalue weighted by atomic mass is 9.97. The molecule has 0 saturated carbocycles. The van der Waals surface area contributed by atoms with Gasteiger partial charge < -0.3 is 20.7 Å². The molecule has 0 radical (unpaired) electrons. The zero-order valence-electron chi connectivity index (χ0n) is 12.9. The fourth-order valence-corrected chi connectivity index (χ4v) is 2.26. The van der Waals surface area contributed by atoms with E-state index in [0.717, 1.165) is 19.4 Å². The van der Waals surface area contributed by atoms with Gasteiger partial charge in [0.2, 0.25) is 5.91 Å². The van der Waals surface area contributed by atoms with E-state index in [4.69, 9.17) is 10.5 Å². The van der Waals surface area contributed by atoms with Crippen LogP contribution in [0, 0.1) is 5.92 Å². The van der Waals surface area contributed by atoms with Crippen LogP contribution in [0.25, 0.3) is 0 Å². The maximum absolute atomic E-state index is 11.9. The highest BCUT2D eigenvalue weighted by Gasteiger charge is 2.26. The summed E-state index contributed by atoms with van der Waals surface area (Å²) in [5.41, 5.74) is 5.13. The minimum Gasteiger partial charge on any atom is -0.444 e. The van der Waals surface area contributed by atoms with Crippen LogP contribution in [0.3, 0.4) is 0 Å². The van der Waals surface area contributed by atoms with Gasteiger partial charge in [0.15, 0.2) is 0 Å². The van der Waals surface area contributed by atoms with Gasteiger partial charge in [0.05, 0.1) is 6.04 Å². The third-order valence-electron chi connectivity index (χ3n) is 3.15. The molecule has 1 saturated heterocycles. The first-order valence-corrected chi connectivity index (χ1v) is 7.20. The van der Waals surface area contributed by atoms with E-state index in [9.17, 15) is 9.59 Å². The van der Waals surface area contributed by atoms with Crippen LogP contribution in [0.1, 0.15) is 40.5 Å². The molecule has 3 N–H and O–H groups in total. The van der Waals surface area contributed by atoms with Crippen LogP contribution in [-0.4, -0.2) is 48.2 Å². The van der Waals surface area contributed by atoms with E-state index in [2.05, 4.69) is 5.32 Å². The Hall–Kier alpha value is -1.30. The lowest BCUT2D eigenvalue weighted by molar-refractivity contribution is -0.133. The maximum Gasteiger partial charge on any atom is 0.407 e. The molecule has 2 atom stereocenters. The Morgan fingerprint density at radius 1 is 1.45 bits per heavy atom.